The van der Waals surface area contributed by atoms with Crippen LogP contribution in [0, 0.1) is 0 Å². The van der Waals surface area contributed by atoms with Gasteiger partial charge in [-0.1, -0.05) is 0 Å². The van der Waals surface area contributed by atoms with E-state index in [1.165, 1.54) is 0 Å². The van der Waals surface area contributed by atoms with Gasteiger partial charge in [0.15, 0.2) is 11.7 Å². The number of carbonyl (C=O) groups is 1. The molecule has 3 N–H and O–H groups in total. The maximum Gasteiger partial charge on any atom is 0.410 e. The van der Waals surface area contributed by atoms with Crippen LogP contribution in [-0.2, 0) is 11.2 Å². The van der Waals surface area contributed by atoms with Crippen LogP contribution in [0.1, 0.15) is 26.6 Å². The molecule has 0 bridgehead atoms. The standard InChI is InChI=1S/C18H27N7O3/c1-18(2,3)28-17(26)25-10-8-24(9-11-25)16(19)20-7-6-14-21-15(23-22-14)13-5-4-12-27-13/h4-5,12H,6-11H2,1-3H3,(H2,19,20)(H,21,22,23). The summed E-state index contributed by atoms with van der Waals surface area (Å²) in [5, 5.41) is 7.01. The van der Waals surface area contributed by atoms with Crippen LogP contribution in [0.5, 0.6) is 0 Å². The number of carbonyl (C=O) groups excluding carboxylic acids is 1. The van der Waals surface area contributed by atoms with E-state index in [-0.39, 0.29) is 6.09 Å². The molecule has 10 nitrogen and oxygen atoms in total. The van der Waals surface area contributed by atoms with Crippen molar-refractivity contribution in [3.05, 3.63) is 24.2 Å². The van der Waals surface area contributed by atoms with E-state index >= 15 is 0 Å². The summed E-state index contributed by atoms with van der Waals surface area (Å²) in [6, 6.07) is 3.60. The number of aromatic amines is 1. The molecule has 0 aromatic carbocycles. The molecular formula is C18H27N7O3. The first kappa shape index (κ1) is 19.7. The predicted octanol–water partition coefficient (Wildman–Crippen LogP) is 1.47. The van der Waals surface area contributed by atoms with Gasteiger partial charge in [0, 0.05) is 39.1 Å². The molecule has 2 aromatic heterocycles. The van der Waals surface area contributed by atoms with Crippen LogP contribution in [0.3, 0.4) is 0 Å². The number of hydrogen-bond donors (Lipinski definition) is 2. The molecule has 0 saturated carbocycles. The van der Waals surface area contributed by atoms with Crippen molar-refractivity contribution >= 4 is 12.1 Å². The summed E-state index contributed by atoms with van der Waals surface area (Å²) >= 11 is 0. The molecular weight excluding hydrogens is 362 g/mol. The van der Waals surface area contributed by atoms with E-state index in [1.807, 2.05) is 25.7 Å². The number of aromatic nitrogens is 3. The van der Waals surface area contributed by atoms with Crippen molar-refractivity contribution in [3.8, 4) is 11.6 Å². The summed E-state index contributed by atoms with van der Waals surface area (Å²) in [6.45, 7) is 8.43. The molecule has 1 aliphatic rings. The van der Waals surface area contributed by atoms with Crippen molar-refractivity contribution in [1.29, 1.82) is 0 Å². The fraction of sp³-hybridized carbons (Fsp3) is 0.556. The van der Waals surface area contributed by atoms with Crippen molar-refractivity contribution < 1.29 is 13.9 Å². The zero-order chi connectivity index (χ0) is 20.1. The number of nitrogens with zero attached hydrogens (tertiary/aromatic N) is 5. The number of furan rings is 1. The highest BCUT2D eigenvalue weighted by Crippen LogP contribution is 2.14. The number of guanidine groups is 1. The molecule has 0 unspecified atom stereocenters. The molecule has 3 heterocycles. The largest absolute Gasteiger partial charge is 0.461 e. The van der Waals surface area contributed by atoms with Gasteiger partial charge in [-0.2, -0.15) is 5.10 Å². The van der Waals surface area contributed by atoms with E-state index in [9.17, 15) is 4.79 Å². The molecule has 2 aromatic rings. The number of nitrogens with one attached hydrogen (secondary N) is 1. The minimum absolute atomic E-state index is 0.291. The number of H-pyrrole nitrogens is 1. The summed E-state index contributed by atoms with van der Waals surface area (Å²) in [6.07, 6.45) is 1.88. The molecule has 28 heavy (non-hydrogen) atoms. The Labute approximate surface area is 163 Å². The first-order valence-corrected chi connectivity index (χ1v) is 9.30. The van der Waals surface area contributed by atoms with Crippen LogP contribution in [0.25, 0.3) is 11.6 Å². The highest BCUT2D eigenvalue weighted by molar-refractivity contribution is 5.78. The van der Waals surface area contributed by atoms with Gasteiger partial charge >= 0.3 is 6.09 Å². The van der Waals surface area contributed by atoms with Gasteiger partial charge in [-0.25, -0.2) is 9.78 Å². The van der Waals surface area contributed by atoms with E-state index in [1.54, 1.807) is 23.3 Å². The molecule has 1 aliphatic heterocycles. The Morgan fingerprint density at radius 1 is 1.32 bits per heavy atom. The summed E-state index contributed by atoms with van der Waals surface area (Å²) in [7, 11) is 0. The minimum atomic E-state index is -0.494. The zero-order valence-corrected chi connectivity index (χ0v) is 16.5. The van der Waals surface area contributed by atoms with Crippen LogP contribution in [0.4, 0.5) is 4.79 Å². The van der Waals surface area contributed by atoms with Gasteiger partial charge in [0.1, 0.15) is 11.4 Å². The van der Waals surface area contributed by atoms with E-state index in [0.717, 1.165) is 5.82 Å². The minimum Gasteiger partial charge on any atom is -0.461 e. The van der Waals surface area contributed by atoms with Crippen molar-refractivity contribution in [2.24, 2.45) is 10.7 Å². The maximum absolute atomic E-state index is 12.1. The van der Waals surface area contributed by atoms with Gasteiger partial charge in [-0.15, -0.1) is 0 Å². The van der Waals surface area contributed by atoms with Crippen molar-refractivity contribution in [2.75, 3.05) is 32.7 Å². The Hall–Kier alpha value is -3.04. The van der Waals surface area contributed by atoms with Crippen LogP contribution in [0.2, 0.25) is 0 Å². The number of piperazine rings is 1. The van der Waals surface area contributed by atoms with Crippen LogP contribution in [0.15, 0.2) is 27.8 Å². The number of ether oxygens (including phenoxy) is 1. The second-order valence-corrected chi connectivity index (χ2v) is 7.53. The third-order valence-electron chi connectivity index (χ3n) is 4.15. The number of nitrogens with two attached hydrogens (primary N) is 1. The number of amides is 1. The lowest BCUT2D eigenvalue weighted by molar-refractivity contribution is 0.0186. The molecule has 0 aliphatic carbocycles. The third kappa shape index (κ3) is 5.24. The van der Waals surface area contributed by atoms with E-state index in [0.29, 0.717) is 56.7 Å². The summed E-state index contributed by atoms with van der Waals surface area (Å²) < 4.78 is 10.7. The first-order chi connectivity index (χ1) is 13.3. The van der Waals surface area contributed by atoms with Gasteiger partial charge in [0.05, 0.1) is 6.26 Å². The quantitative estimate of drug-likeness (QED) is 0.599. The molecule has 1 fully saturated rings. The SMILES string of the molecule is CC(C)(C)OC(=O)N1CCN(C(N)=NCCc2nc(-c3ccco3)n[nH]2)CC1. The van der Waals surface area contributed by atoms with Crippen LogP contribution < -0.4 is 5.73 Å². The Bertz CT molecular complexity index is 800. The van der Waals surface area contributed by atoms with E-state index in [4.69, 9.17) is 14.9 Å². The average Bonchev–Trinajstić information content (AvgIpc) is 3.32. The molecule has 1 saturated heterocycles. The summed E-state index contributed by atoms with van der Waals surface area (Å²) in [5.74, 6) is 2.33. The lowest BCUT2D eigenvalue weighted by atomic mass is 10.2. The molecule has 0 atom stereocenters. The maximum atomic E-state index is 12.1. The van der Waals surface area contributed by atoms with Crippen LogP contribution >= 0.6 is 0 Å². The average molecular weight is 389 g/mol. The lowest BCUT2D eigenvalue weighted by Gasteiger charge is -2.36. The highest BCUT2D eigenvalue weighted by atomic mass is 16.6. The third-order valence-corrected chi connectivity index (χ3v) is 4.15. The molecule has 3 rings (SSSR count). The van der Waals surface area contributed by atoms with E-state index in [2.05, 4.69) is 20.2 Å². The number of aliphatic imine (C=N–C) groups is 1. The topological polar surface area (TPSA) is 126 Å². The van der Waals surface area contributed by atoms with Crippen molar-refractivity contribution in [2.45, 2.75) is 32.8 Å². The zero-order valence-electron chi connectivity index (χ0n) is 16.5. The Morgan fingerprint density at radius 3 is 2.68 bits per heavy atom. The van der Waals surface area contributed by atoms with Gasteiger partial charge in [0.25, 0.3) is 0 Å². The summed E-state index contributed by atoms with van der Waals surface area (Å²) in [5.41, 5.74) is 5.60. The molecule has 1 amide bonds. The fourth-order valence-corrected chi connectivity index (χ4v) is 2.74. The monoisotopic (exact) mass is 389 g/mol. The smallest absolute Gasteiger partial charge is 0.410 e. The molecule has 152 valence electrons. The lowest BCUT2D eigenvalue weighted by Crippen LogP contribution is -2.53. The second-order valence-electron chi connectivity index (χ2n) is 7.53. The Kier molecular flexibility index (Phi) is 5.86. The number of rotatable bonds is 4. The highest BCUT2D eigenvalue weighted by Gasteiger charge is 2.26. The van der Waals surface area contributed by atoms with Gasteiger partial charge in [-0.3, -0.25) is 10.1 Å². The number of hydrogen-bond acceptors (Lipinski definition) is 6. The van der Waals surface area contributed by atoms with Crippen LogP contribution in [-0.4, -0.2) is 75.4 Å². The summed E-state index contributed by atoms with van der Waals surface area (Å²) in [4.78, 5) is 24.6. The Morgan fingerprint density at radius 2 is 2.04 bits per heavy atom. The molecule has 10 heteroatoms. The molecule has 0 spiro atoms. The predicted molar refractivity (Wildman–Crippen MR) is 104 cm³/mol. The second kappa shape index (κ2) is 8.32. The van der Waals surface area contributed by atoms with E-state index < -0.39 is 5.60 Å². The fourth-order valence-electron chi connectivity index (χ4n) is 2.74. The Balaban J connectivity index is 1.44. The van der Waals surface area contributed by atoms with Gasteiger partial charge < -0.3 is 24.7 Å². The normalized spacial score (nSPS) is 15.8. The first-order valence-electron chi connectivity index (χ1n) is 9.30. The van der Waals surface area contributed by atoms with Gasteiger partial charge in [-0.05, 0) is 32.9 Å². The van der Waals surface area contributed by atoms with Crippen molar-refractivity contribution in [1.82, 2.24) is 25.0 Å². The van der Waals surface area contributed by atoms with Gasteiger partial charge in [0.2, 0.25) is 5.82 Å². The molecule has 0 radical (unpaired) electrons. The van der Waals surface area contributed by atoms with Crippen molar-refractivity contribution in [3.63, 3.8) is 0 Å².